The summed E-state index contributed by atoms with van der Waals surface area (Å²) in [7, 11) is 0. The third kappa shape index (κ3) is 3.63. The van der Waals surface area contributed by atoms with E-state index in [0.29, 0.717) is 11.8 Å². The van der Waals surface area contributed by atoms with Crippen molar-refractivity contribution in [3.05, 3.63) is 29.8 Å². The lowest BCUT2D eigenvalue weighted by molar-refractivity contribution is 0.112. The van der Waals surface area contributed by atoms with Crippen molar-refractivity contribution in [2.24, 2.45) is 0 Å². The van der Waals surface area contributed by atoms with E-state index in [1.165, 1.54) is 12.1 Å². The molecule has 0 amide bonds. The van der Waals surface area contributed by atoms with Crippen molar-refractivity contribution in [3.63, 3.8) is 0 Å². The monoisotopic (exact) mass is 218 g/mol. The van der Waals surface area contributed by atoms with Crippen LogP contribution in [0.2, 0.25) is 0 Å². The van der Waals surface area contributed by atoms with Crippen molar-refractivity contribution in [2.45, 2.75) is 0 Å². The Bertz CT molecular complexity index is 359. The number of rotatable bonds is 3. The van der Waals surface area contributed by atoms with Crippen LogP contribution in [0.25, 0.3) is 0 Å². The van der Waals surface area contributed by atoms with Crippen molar-refractivity contribution in [2.75, 3.05) is 0 Å². The molecule has 0 aliphatic heterocycles. The number of carbonyl (C=O) groups excluding carboxylic acids is 1. The Kier molecular flexibility index (Phi) is 3.14. The van der Waals surface area contributed by atoms with Crippen molar-refractivity contribution in [3.8, 4) is 5.75 Å². The van der Waals surface area contributed by atoms with Crippen LogP contribution in [0, 0.1) is 0 Å². The minimum absolute atomic E-state index is 0.144. The number of thiol groups is 1. The van der Waals surface area contributed by atoms with Gasteiger partial charge in [0.2, 0.25) is 0 Å². The topological polar surface area (TPSA) is 63.6 Å². The summed E-state index contributed by atoms with van der Waals surface area (Å²) in [4.78, 5) is 19.1. The van der Waals surface area contributed by atoms with E-state index in [-0.39, 0.29) is 5.75 Å². The van der Waals surface area contributed by atoms with Gasteiger partial charge in [-0.05, 0) is 24.4 Å². The molecule has 0 bridgehead atoms. The average molecular weight is 218 g/mol. The SMILES string of the molecule is O=Cc1cccc(OP(=O)(O)S)c1. The molecule has 0 heterocycles. The molecule has 1 unspecified atom stereocenters. The van der Waals surface area contributed by atoms with Crippen LogP contribution in [0.5, 0.6) is 5.75 Å². The second-order valence-electron chi connectivity index (χ2n) is 2.27. The zero-order valence-corrected chi connectivity index (χ0v) is 8.24. The molecule has 0 saturated heterocycles. The molecular weight excluding hydrogens is 211 g/mol. The maximum absolute atomic E-state index is 10.7. The van der Waals surface area contributed by atoms with Crippen LogP contribution < -0.4 is 4.52 Å². The minimum Gasteiger partial charge on any atom is -0.417 e. The first-order chi connectivity index (χ1) is 6.01. The molecule has 6 heteroatoms. The fraction of sp³-hybridized carbons (Fsp3) is 0. The fourth-order valence-electron chi connectivity index (χ4n) is 0.782. The highest BCUT2D eigenvalue weighted by Gasteiger charge is 2.13. The van der Waals surface area contributed by atoms with Crippen LogP contribution in [0.4, 0.5) is 0 Å². The summed E-state index contributed by atoms with van der Waals surface area (Å²) in [6.45, 7) is -3.84. The summed E-state index contributed by atoms with van der Waals surface area (Å²) in [5.41, 5.74) is 0.374. The van der Waals surface area contributed by atoms with Crippen molar-refractivity contribution in [1.29, 1.82) is 0 Å². The molecule has 0 aliphatic rings. The Morgan fingerprint density at radius 1 is 1.54 bits per heavy atom. The van der Waals surface area contributed by atoms with Gasteiger partial charge in [0.15, 0.2) is 0 Å². The largest absolute Gasteiger partial charge is 0.434 e. The van der Waals surface area contributed by atoms with Crippen LogP contribution in [0.3, 0.4) is 0 Å². The highest BCUT2D eigenvalue weighted by molar-refractivity contribution is 8.44. The van der Waals surface area contributed by atoms with Gasteiger partial charge < -0.3 is 9.42 Å². The van der Waals surface area contributed by atoms with Gasteiger partial charge in [0.25, 0.3) is 0 Å². The molecule has 1 atom stereocenters. The Balaban J connectivity index is 2.90. The molecule has 13 heavy (non-hydrogen) atoms. The van der Waals surface area contributed by atoms with E-state index >= 15 is 0 Å². The van der Waals surface area contributed by atoms with Gasteiger partial charge in [0.05, 0.1) is 0 Å². The maximum atomic E-state index is 10.7. The van der Waals surface area contributed by atoms with Gasteiger partial charge in [-0.1, -0.05) is 12.1 Å². The van der Waals surface area contributed by atoms with E-state index in [9.17, 15) is 9.36 Å². The molecule has 0 aliphatic carbocycles. The number of benzene rings is 1. The van der Waals surface area contributed by atoms with Crippen molar-refractivity contribution < 1.29 is 18.8 Å². The second kappa shape index (κ2) is 3.96. The quantitative estimate of drug-likeness (QED) is 0.462. The first-order valence-corrected chi connectivity index (χ1v) is 6.05. The molecule has 0 radical (unpaired) electrons. The number of aldehydes is 1. The Morgan fingerprint density at radius 2 is 2.23 bits per heavy atom. The summed E-state index contributed by atoms with van der Waals surface area (Å²) >= 11 is 3.33. The predicted molar refractivity (Wildman–Crippen MR) is 51.3 cm³/mol. The van der Waals surface area contributed by atoms with Gasteiger partial charge in [-0.2, -0.15) is 0 Å². The third-order valence-corrected chi connectivity index (χ3v) is 1.91. The van der Waals surface area contributed by atoms with E-state index in [0.717, 1.165) is 0 Å². The smallest absolute Gasteiger partial charge is 0.417 e. The van der Waals surface area contributed by atoms with Crippen molar-refractivity contribution >= 4 is 25.3 Å². The number of hydrogen-bond acceptors (Lipinski definition) is 3. The summed E-state index contributed by atoms with van der Waals surface area (Å²) in [5, 5.41) is 0. The molecule has 70 valence electrons. The molecule has 1 aromatic rings. The highest BCUT2D eigenvalue weighted by atomic mass is 32.7. The van der Waals surface area contributed by atoms with Gasteiger partial charge in [-0.25, -0.2) is 4.57 Å². The predicted octanol–water partition coefficient (Wildman–Crippen LogP) is 1.91. The normalized spacial score (nSPS) is 14.6. The number of hydrogen-bond donors (Lipinski definition) is 2. The van der Waals surface area contributed by atoms with E-state index in [4.69, 9.17) is 4.89 Å². The van der Waals surface area contributed by atoms with Gasteiger partial charge in [0, 0.05) is 5.56 Å². The lowest BCUT2D eigenvalue weighted by Gasteiger charge is -2.06. The summed E-state index contributed by atoms with van der Waals surface area (Å²) in [6, 6.07) is 5.92. The summed E-state index contributed by atoms with van der Waals surface area (Å²) in [6.07, 6.45) is 0.619. The van der Waals surface area contributed by atoms with E-state index < -0.39 is 6.80 Å². The molecule has 1 rings (SSSR count). The van der Waals surface area contributed by atoms with Gasteiger partial charge in [-0.3, -0.25) is 4.79 Å². The Morgan fingerprint density at radius 3 is 2.77 bits per heavy atom. The first-order valence-electron chi connectivity index (χ1n) is 3.32. The van der Waals surface area contributed by atoms with Crippen LogP contribution in [-0.2, 0) is 4.57 Å². The molecule has 1 N–H and O–H groups in total. The standard InChI is InChI=1S/C7H7O4PS/c8-5-6-2-1-3-7(4-6)11-12(9,10)13/h1-5H,(H2,9,10,13). The summed E-state index contributed by atoms with van der Waals surface area (Å²) in [5.74, 6) is 0.144. The van der Waals surface area contributed by atoms with E-state index in [2.05, 4.69) is 16.8 Å². The maximum Gasteiger partial charge on any atom is 0.434 e. The highest BCUT2D eigenvalue weighted by Crippen LogP contribution is 2.46. The lowest BCUT2D eigenvalue weighted by atomic mass is 10.2. The van der Waals surface area contributed by atoms with Gasteiger partial charge >= 0.3 is 6.80 Å². The molecule has 0 spiro atoms. The zero-order chi connectivity index (χ0) is 9.90. The van der Waals surface area contributed by atoms with Crippen molar-refractivity contribution in [1.82, 2.24) is 0 Å². The molecule has 0 saturated carbocycles. The molecule has 0 fully saturated rings. The van der Waals surface area contributed by atoms with Crippen LogP contribution >= 0.6 is 19.0 Å². The molecule has 4 nitrogen and oxygen atoms in total. The van der Waals surface area contributed by atoms with E-state index in [1.807, 2.05) is 0 Å². The minimum atomic E-state index is -3.84. The molecular formula is C7H7O4PS. The average Bonchev–Trinajstić information content (AvgIpc) is 2.01. The lowest BCUT2D eigenvalue weighted by Crippen LogP contribution is -1.87. The van der Waals surface area contributed by atoms with Crippen LogP contribution in [-0.4, -0.2) is 11.2 Å². The van der Waals surface area contributed by atoms with E-state index in [1.54, 1.807) is 12.1 Å². The number of carbonyl (C=O) groups is 1. The fourth-order valence-corrected chi connectivity index (χ4v) is 1.45. The van der Waals surface area contributed by atoms with Crippen LogP contribution in [0.15, 0.2) is 24.3 Å². The summed E-state index contributed by atoms with van der Waals surface area (Å²) < 4.78 is 15.3. The Labute approximate surface area is 80.2 Å². The molecule has 0 aromatic heterocycles. The first kappa shape index (κ1) is 10.3. The van der Waals surface area contributed by atoms with Crippen LogP contribution in [0.1, 0.15) is 10.4 Å². The third-order valence-electron chi connectivity index (χ3n) is 1.22. The second-order valence-corrected chi connectivity index (χ2v) is 4.95. The molecule has 1 aromatic carbocycles. The van der Waals surface area contributed by atoms with Gasteiger partial charge in [0.1, 0.15) is 12.0 Å². The Hall–Kier alpha value is -0.770. The zero-order valence-electron chi connectivity index (χ0n) is 6.45. The van der Waals surface area contributed by atoms with Gasteiger partial charge in [-0.15, -0.1) is 0 Å².